The Hall–Kier alpha value is -2.58. The Kier molecular flexibility index (Phi) is 6.92. The maximum atomic E-state index is 13.4. The van der Waals surface area contributed by atoms with E-state index in [1.807, 2.05) is 63.1 Å². The van der Waals surface area contributed by atoms with E-state index in [2.05, 4.69) is 22.9 Å². The number of hydrogen-bond donors (Lipinski definition) is 0. The molecule has 1 atom stereocenters. The molecule has 182 valence electrons. The van der Waals surface area contributed by atoms with Crippen LogP contribution >= 0.6 is 11.8 Å². The highest BCUT2D eigenvalue weighted by Crippen LogP contribution is 2.45. The predicted molar refractivity (Wildman–Crippen MR) is 136 cm³/mol. The van der Waals surface area contributed by atoms with Gasteiger partial charge in [-0.25, -0.2) is 9.79 Å². The number of benzene rings is 1. The lowest BCUT2D eigenvalue weighted by atomic mass is 9.92. The van der Waals surface area contributed by atoms with Crippen molar-refractivity contribution in [2.24, 2.45) is 4.99 Å². The molecular formula is C26H34N4O3S. The molecule has 3 heterocycles. The number of likely N-dealkylation sites (N-methyl/N-ethyl adjacent to an activating group) is 1. The fourth-order valence-electron chi connectivity index (χ4n) is 4.44. The topological polar surface area (TPSA) is 65.5 Å². The second-order valence-corrected chi connectivity index (χ2v) is 11.0. The van der Waals surface area contributed by atoms with Crippen LogP contribution < -0.4 is 0 Å². The van der Waals surface area contributed by atoms with Crippen LogP contribution in [0.15, 0.2) is 51.6 Å². The van der Waals surface area contributed by atoms with E-state index in [1.54, 1.807) is 0 Å². The standard InChI is InChI=1S/C26H34N4O3S/c1-17-8-7-9-19(14-17)23-22(24(32)33-26(3,4)5)18(2)27-25-30(23)20(16-34-25)15-21(31)29-12-10-28(6)11-13-29/h7-9,14,16,23H,10-13,15H2,1-6H3. The van der Waals surface area contributed by atoms with E-state index in [1.165, 1.54) is 11.8 Å². The highest BCUT2D eigenvalue weighted by molar-refractivity contribution is 8.16. The average Bonchev–Trinajstić information content (AvgIpc) is 3.13. The van der Waals surface area contributed by atoms with Crippen LogP contribution in [0.5, 0.6) is 0 Å². The van der Waals surface area contributed by atoms with Crippen LogP contribution in [-0.4, -0.2) is 70.6 Å². The number of hydrogen-bond acceptors (Lipinski definition) is 7. The van der Waals surface area contributed by atoms with Gasteiger partial charge >= 0.3 is 5.97 Å². The molecule has 1 fully saturated rings. The number of thioether (sulfide) groups is 1. The number of piperazine rings is 1. The third-order valence-electron chi connectivity index (χ3n) is 6.17. The number of esters is 1. The number of amides is 1. The Morgan fingerprint density at radius 2 is 1.85 bits per heavy atom. The third-order valence-corrected chi connectivity index (χ3v) is 7.05. The fraction of sp³-hybridized carbons (Fsp3) is 0.500. The maximum Gasteiger partial charge on any atom is 0.338 e. The summed E-state index contributed by atoms with van der Waals surface area (Å²) in [5.41, 5.74) is 3.50. The zero-order valence-corrected chi connectivity index (χ0v) is 21.7. The van der Waals surface area contributed by atoms with Crippen LogP contribution in [0.25, 0.3) is 0 Å². The van der Waals surface area contributed by atoms with Crippen molar-refractivity contribution in [3.8, 4) is 0 Å². The van der Waals surface area contributed by atoms with Crippen molar-refractivity contribution in [2.75, 3.05) is 33.2 Å². The van der Waals surface area contributed by atoms with Gasteiger partial charge in [0.1, 0.15) is 5.60 Å². The van der Waals surface area contributed by atoms with Crippen molar-refractivity contribution in [1.29, 1.82) is 0 Å². The number of fused-ring (bicyclic) bond motifs is 1. The molecular weight excluding hydrogens is 448 g/mol. The molecule has 0 radical (unpaired) electrons. The first-order chi connectivity index (χ1) is 16.0. The zero-order valence-electron chi connectivity index (χ0n) is 20.9. The van der Waals surface area contributed by atoms with E-state index >= 15 is 0 Å². The number of allylic oxidation sites excluding steroid dienone is 1. The minimum absolute atomic E-state index is 0.106. The molecule has 4 rings (SSSR count). The molecule has 1 aromatic rings. The smallest absolute Gasteiger partial charge is 0.338 e. The molecule has 0 N–H and O–H groups in total. The lowest BCUT2D eigenvalue weighted by Gasteiger charge is -2.38. The third kappa shape index (κ3) is 5.23. The van der Waals surface area contributed by atoms with Gasteiger partial charge < -0.3 is 19.4 Å². The highest BCUT2D eigenvalue weighted by Gasteiger charge is 2.42. The predicted octanol–water partition coefficient (Wildman–Crippen LogP) is 4.08. The van der Waals surface area contributed by atoms with Crippen molar-refractivity contribution in [3.05, 3.63) is 57.8 Å². The summed E-state index contributed by atoms with van der Waals surface area (Å²) in [5.74, 6) is -0.268. The normalized spacial score (nSPS) is 21.3. The van der Waals surface area contributed by atoms with Gasteiger partial charge in [-0.3, -0.25) is 4.79 Å². The summed E-state index contributed by atoms with van der Waals surface area (Å²) in [6.07, 6.45) is 0.276. The zero-order chi connectivity index (χ0) is 24.6. The van der Waals surface area contributed by atoms with Gasteiger partial charge in [0.15, 0.2) is 5.17 Å². The average molecular weight is 483 g/mol. The second-order valence-electron chi connectivity index (χ2n) is 10.2. The van der Waals surface area contributed by atoms with E-state index in [4.69, 9.17) is 9.73 Å². The van der Waals surface area contributed by atoms with E-state index in [9.17, 15) is 9.59 Å². The minimum atomic E-state index is -0.624. The maximum absolute atomic E-state index is 13.4. The number of amidine groups is 1. The van der Waals surface area contributed by atoms with Gasteiger partial charge in [-0.1, -0.05) is 41.6 Å². The molecule has 0 aromatic heterocycles. The van der Waals surface area contributed by atoms with Crippen molar-refractivity contribution in [2.45, 2.75) is 52.7 Å². The van der Waals surface area contributed by atoms with E-state index in [0.717, 1.165) is 48.2 Å². The first-order valence-corrected chi connectivity index (χ1v) is 12.6. The highest BCUT2D eigenvalue weighted by atomic mass is 32.2. The Balaban J connectivity index is 1.68. The largest absolute Gasteiger partial charge is 0.456 e. The van der Waals surface area contributed by atoms with Crippen LogP contribution in [-0.2, 0) is 14.3 Å². The van der Waals surface area contributed by atoms with Crippen LogP contribution in [0.1, 0.15) is 51.3 Å². The Bertz CT molecular complexity index is 1080. The molecule has 1 aromatic carbocycles. The van der Waals surface area contributed by atoms with Gasteiger partial charge in [0.05, 0.1) is 23.7 Å². The fourth-order valence-corrected chi connectivity index (χ4v) is 5.41. The monoisotopic (exact) mass is 482 g/mol. The van der Waals surface area contributed by atoms with Crippen LogP contribution in [0.3, 0.4) is 0 Å². The number of nitrogens with zero attached hydrogens (tertiary/aromatic N) is 4. The summed E-state index contributed by atoms with van der Waals surface area (Å²) < 4.78 is 5.80. The molecule has 0 spiro atoms. The molecule has 7 nitrogen and oxygen atoms in total. The van der Waals surface area contributed by atoms with Crippen molar-refractivity contribution >= 4 is 28.8 Å². The van der Waals surface area contributed by atoms with Gasteiger partial charge in [0.25, 0.3) is 0 Å². The van der Waals surface area contributed by atoms with Gasteiger partial charge in [-0.2, -0.15) is 0 Å². The lowest BCUT2D eigenvalue weighted by Crippen LogP contribution is -2.47. The minimum Gasteiger partial charge on any atom is -0.456 e. The van der Waals surface area contributed by atoms with Gasteiger partial charge in [0, 0.05) is 31.9 Å². The van der Waals surface area contributed by atoms with Gasteiger partial charge in [0.2, 0.25) is 5.91 Å². The van der Waals surface area contributed by atoms with E-state index in [-0.39, 0.29) is 18.3 Å². The number of aliphatic imine (C=N–C) groups is 1. The Morgan fingerprint density at radius 3 is 2.50 bits per heavy atom. The van der Waals surface area contributed by atoms with Crippen molar-refractivity contribution in [1.82, 2.24) is 14.7 Å². The number of carbonyl (C=O) groups excluding carboxylic acids is 2. The second kappa shape index (κ2) is 9.58. The van der Waals surface area contributed by atoms with E-state index < -0.39 is 11.6 Å². The summed E-state index contributed by atoms with van der Waals surface area (Å²) in [5, 5.41) is 2.79. The summed E-state index contributed by atoms with van der Waals surface area (Å²) in [7, 11) is 2.08. The molecule has 34 heavy (non-hydrogen) atoms. The Morgan fingerprint density at radius 1 is 1.15 bits per heavy atom. The number of aryl methyl sites for hydroxylation is 1. The molecule has 0 saturated carbocycles. The number of carbonyl (C=O) groups is 2. The first-order valence-electron chi connectivity index (χ1n) is 11.7. The SMILES string of the molecule is CC1=C(C(=O)OC(C)(C)C)C(c2cccc(C)c2)N2C(CC(=O)N3CCN(C)CC3)=CSC2=N1. The summed E-state index contributed by atoms with van der Waals surface area (Å²) in [6, 6.07) is 7.76. The van der Waals surface area contributed by atoms with Crippen LogP contribution in [0.2, 0.25) is 0 Å². The van der Waals surface area contributed by atoms with E-state index in [0.29, 0.717) is 11.3 Å². The number of rotatable bonds is 4. The van der Waals surface area contributed by atoms with Gasteiger partial charge in [-0.05, 0) is 52.6 Å². The molecule has 0 aliphatic carbocycles. The first kappa shape index (κ1) is 24.5. The van der Waals surface area contributed by atoms with Gasteiger partial charge in [-0.15, -0.1) is 0 Å². The van der Waals surface area contributed by atoms with Crippen molar-refractivity contribution < 1.29 is 14.3 Å². The summed E-state index contributed by atoms with van der Waals surface area (Å²) in [6.45, 7) is 12.7. The van der Waals surface area contributed by atoms with Crippen LogP contribution in [0, 0.1) is 6.92 Å². The summed E-state index contributed by atoms with van der Waals surface area (Å²) >= 11 is 1.51. The molecule has 1 amide bonds. The Labute approximate surface area is 206 Å². The molecule has 1 unspecified atom stereocenters. The quantitative estimate of drug-likeness (QED) is 0.603. The summed E-state index contributed by atoms with van der Waals surface area (Å²) in [4.78, 5) is 37.6. The van der Waals surface area contributed by atoms with Crippen molar-refractivity contribution in [3.63, 3.8) is 0 Å². The molecule has 3 aliphatic heterocycles. The molecule has 0 bridgehead atoms. The molecule has 3 aliphatic rings. The lowest BCUT2D eigenvalue weighted by molar-refractivity contribution is -0.150. The molecule has 8 heteroatoms. The van der Waals surface area contributed by atoms with Crippen LogP contribution in [0.4, 0.5) is 0 Å². The number of ether oxygens (including phenoxy) is 1. The molecule has 1 saturated heterocycles.